The first kappa shape index (κ1) is 31.9. The fourth-order valence-corrected chi connectivity index (χ4v) is 5.41. The zero-order valence-corrected chi connectivity index (χ0v) is 25.9. The molecule has 0 saturated carbocycles. The van der Waals surface area contributed by atoms with E-state index in [1.54, 1.807) is 18.5 Å². The molecule has 0 bridgehead atoms. The molecule has 5 rings (SSSR count). The maximum atomic E-state index is 10.8. The van der Waals surface area contributed by atoms with Crippen LogP contribution in [-0.2, 0) is 6.42 Å². The highest BCUT2D eigenvalue weighted by Crippen LogP contribution is 2.32. The Morgan fingerprint density at radius 2 is 1.45 bits per heavy atom. The van der Waals surface area contributed by atoms with E-state index in [2.05, 4.69) is 57.0 Å². The zero-order valence-electron chi connectivity index (χ0n) is 23.6. The number of fused-ring (bicyclic) bond motifs is 1. The van der Waals surface area contributed by atoms with E-state index in [9.17, 15) is 5.11 Å². The third-order valence-corrected chi connectivity index (χ3v) is 8.13. The maximum absolute atomic E-state index is 10.8. The van der Waals surface area contributed by atoms with Crippen molar-refractivity contribution < 1.29 is 5.11 Å². The van der Waals surface area contributed by atoms with Gasteiger partial charge in [-0.05, 0) is 77.8 Å². The molecule has 0 saturated heterocycles. The van der Waals surface area contributed by atoms with E-state index in [0.717, 1.165) is 24.1 Å². The summed E-state index contributed by atoms with van der Waals surface area (Å²) in [5.74, 6) is 0.288. The first-order valence-electron chi connectivity index (χ1n) is 13.8. The largest absolute Gasteiger partial charge is 0.388 e. The van der Waals surface area contributed by atoms with Crippen molar-refractivity contribution >= 4 is 45.6 Å². The number of aliphatic hydroxyl groups is 1. The molecule has 5 nitrogen and oxygen atoms in total. The summed E-state index contributed by atoms with van der Waals surface area (Å²) in [5.41, 5.74) is 4.27. The van der Waals surface area contributed by atoms with Crippen LogP contribution in [0.4, 0.5) is 0 Å². The van der Waals surface area contributed by atoms with Gasteiger partial charge in [-0.15, -0.1) is 0 Å². The van der Waals surface area contributed by atoms with Gasteiger partial charge >= 0.3 is 0 Å². The van der Waals surface area contributed by atoms with Crippen molar-refractivity contribution in [3.05, 3.63) is 141 Å². The Morgan fingerprint density at radius 3 is 2.12 bits per heavy atom. The summed E-state index contributed by atoms with van der Waals surface area (Å²) < 4.78 is 0. The lowest BCUT2D eigenvalue weighted by Crippen LogP contribution is -2.23. The molecule has 0 aliphatic rings. The van der Waals surface area contributed by atoms with Crippen LogP contribution in [0.1, 0.15) is 40.2 Å². The molecular weight excluding hydrogens is 587 g/mol. The molecular formula is C34H35Cl3N4O. The average Bonchev–Trinajstić information content (AvgIpc) is 3.02. The normalized spacial score (nSPS) is 13.2. The number of likely N-dealkylation sites (N-methyl/N-ethyl adjacent to an activating group) is 2. The van der Waals surface area contributed by atoms with Gasteiger partial charge in [0.05, 0.1) is 16.1 Å². The number of hydrogen-bond acceptors (Lipinski definition) is 5. The number of pyridine rings is 2. The number of hydrogen-bond donors (Lipinski definition) is 3. The topological polar surface area (TPSA) is 70.1 Å². The summed E-state index contributed by atoms with van der Waals surface area (Å²) in [5, 5.41) is 21.2. The van der Waals surface area contributed by atoms with Crippen LogP contribution in [0, 0.1) is 0 Å². The minimum Gasteiger partial charge on any atom is -0.388 e. The van der Waals surface area contributed by atoms with Crippen molar-refractivity contribution in [2.45, 2.75) is 24.4 Å². The number of nitrogens with one attached hydrogen (secondary N) is 2. The van der Waals surface area contributed by atoms with Gasteiger partial charge in [-0.25, -0.2) is 4.98 Å². The Morgan fingerprint density at radius 1 is 0.714 bits per heavy atom. The third kappa shape index (κ3) is 8.74. The molecule has 0 amide bonds. The molecule has 0 aliphatic carbocycles. The second kappa shape index (κ2) is 16.0. The van der Waals surface area contributed by atoms with Gasteiger partial charge in [0.15, 0.2) is 0 Å². The molecule has 218 valence electrons. The zero-order chi connectivity index (χ0) is 29.9. The number of nitrogens with zero attached hydrogens (tertiary/aromatic N) is 2. The summed E-state index contributed by atoms with van der Waals surface area (Å²) in [7, 11) is 3.84. The van der Waals surface area contributed by atoms with Crippen LogP contribution in [0.15, 0.2) is 104 Å². The number of aliphatic hydroxyl groups excluding tert-OH is 1. The van der Waals surface area contributed by atoms with E-state index in [4.69, 9.17) is 34.8 Å². The summed E-state index contributed by atoms with van der Waals surface area (Å²) in [6.07, 6.45) is 5.60. The fraction of sp³-hybridized carbons (Fsp3) is 0.235. The van der Waals surface area contributed by atoms with Crippen molar-refractivity contribution in [3.8, 4) is 0 Å². The SMILES string of the molecule is CNC[C@@H](Cc1cccnc1)c1ccc(Cl)c(Cl)c1.CNC[C@H](c1ccc2ccccc2c1)[C@H](O)c1ccc(Cl)nc1. The van der Waals surface area contributed by atoms with Gasteiger partial charge in [0, 0.05) is 43.5 Å². The molecule has 5 aromatic rings. The molecule has 42 heavy (non-hydrogen) atoms. The lowest BCUT2D eigenvalue weighted by Gasteiger charge is -2.24. The van der Waals surface area contributed by atoms with Gasteiger partial charge in [-0.1, -0.05) is 95.5 Å². The Bertz CT molecular complexity index is 1550. The highest BCUT2D eigenvalue weighted by molar-refractivity contribution is 6.42. The van der Waals surface area contributed by atoms with Gasteiger partial charge < -0.3 is 15.7 Å². The smallest absolute Gasteiger partial charge is 0.129 e. The number of rotatable bonds is 10. The Kier molecular flexibility index (Phi) is 12.1. The fourth-order valence-electron chi connectivity index (χ4n) is 4.99. The summed E-state index contributed by atoms with van der Waals surface area (Å²) >= 11 is 17.9. The second-order valence-electron chi connectivity index (χ2n) is 10.1. The van der Waals surface area contributed by atoms with Crippen molar-refractivity contribution in [2.24, 2.45) is 0 Å². The molecule has 0 unspecified atom stereocenters. The van der Waals surface area contributed by atoms with E-state index >= 15 is 0 Å². The lowest BCUT2D eigenvalue weighted by molar-refractivity contribution is 0.144. The molecule has 8 heteroatoms. The first-order chi connectivity index (χ1) is 20.4. The van der Waals surface area contributed by atoms with Crippen molar-refractivity contribution in [3.63, 3.8) is 0 Å². The predicted octanol–water partition coefficient (Wildman–Crippen LogP) is 7.86. The first-order valence-corrected chi connectivity index (χ1v) is 14.9. The lowest BCUT2D eigenvalue weighted by atomic mass is 9.88. The molecule has 3 N–H and O–H groups in total. The molecule has 3 atom stereocenters. The Hall–Kier alpha value is -3.03. The van der Waals surface area contributed by atoms with E-state index < -0.39 is 6.10 Å². The number of benzene rings is 3. The molecule has 2 heterocycles. The van der Waals surface area contributed by atoms with Crippen LogP contribution in [-0.4, -0.2) is 42.3 Å². The van der Waals surface area contributed by atoms with Crippen molar-refractivity contribution in [1.29, 1.82) is 0 Å². The van der Waals surface area contributed by atoms with E-state index in [0.29, 0.717) is 27.7 Å². The summed E-state index contributed by atoms with van der Waals surface area (Å²) in [6.45, 7) is 1.55. The van der Waals surface area contributed by atoms with Crippen LogP contribution >= 0.6 is 34.8 Å². The highest BCUT2D eigenvalue weighted by Gasteiger charge is 2.23. The van der Waals surface area contributed by atoms with Gasteiger partial charge in [0.25, 0.3) is 0 Å². The minimum absolute atomic E-state index is 0.0624. The molecule has 0 spiro atoms. The molecule has 0 aliphatic heterocycles. The molecule has 2 aromatic heterocycles. The van der Waals surface area contributed by atoms with E-state index in [-0.39, 0.29) is 5.92 Å². The standard InChI is InChI=1S/C19H19ClN2O.C15H16Cl2N2/c1-21-12-17(19(23)16-8-9-18(20)22-11-16)15-7-6-13-4-2-3-5-14(13)10-15;1-18-10-13(7-11-3-2-6-19-9-11)12-4-5-14(16)15(17)8-12/h2-11,17,19,21,23H,12H2,1H3;2-6,8-9,13,18H,7,10H2,1H3/t17-,19-;13-/m11/s1. The van der Waals surface area contributed by atoms with Crippen LogP contribution in [0.3, 0.4) is 0 Å². The van der Waals surface area contributed by atoms with Crippen LogP contribution in [0.5, 0.6) is 0 Å². The van der Waals surface area contributed by atoms with Crippen LogP contribution in [0.2, 0.25) is 15.2 Å². The predicted molar refractivity (Wildman–Crippen MR) is 176 cm³/mol. The van der Waals surface area contributed by atoms with Gasteiger partial charge in [-0.3, -0.25) is 4.98 Å². The summed E-state index contributed by atoms with van der Waals surface area (Å²) in [6, 6.07) is 28.0. The monoisotopic (exact) mass is 620 g/mol. The average molecular weight is 622 g/mol. The Balaban J connectivity index is 0.000000197. The number of aromatic nitrogens is 2. The highest BCUT2D eigenvalue weighted by atomic mass is 35.5. The van der Waals surface area contributed by atoms with Crippen LogP contribution < -0.4 is 10.6 Å². The van der Waals surface area contributed by atoms with E-state index in [1.807, 2.05) is 62.8 Å². The van der Waals surface area contributed by atoms with Gasteiger partial charge in [0.2, 0.25) is 0 Å². The van der Waals surface area contributed by atoms with Crippen LogP contribution in [0.25, 0.3) is 10.8 Å². The van der Waals surface area contributed by atoms with Gasteiger partial charge in [-0.2, -0.15) is 0 Å². The molecule has 0 fully saturated rings. The quantitative estimate of drug-likeness (QED) is 0.139. The van der Waals surface area contributed by atoms with E-state index in [1.165, 1.54) is 21.9 Å². The van der Waals surface area contributed by atoms with Gasteiger partial charge in [0.1, 0.15) is 5.15 Å². The third-order valence-electron chi connectivity index (χ3n) is 7.17. The molecule has 0 radical (unpaired) electrons. The number of halogens is 3. The van der Waals surface area contributed by atoms with Crippen molar-refractivity contribution in [1.82, 2.24) is 20.6 Å². The minimum atomic E-state index is -0.645. The summed E-state index contributed by atoms with van der Waals surface area (Å²) in [4.78, 5) is 8.23. The second-order valence-corrected chi connectivity index (χ2v) is 11.3. The Labute approximate surface area is 262 Å². The molecule has 3 aromatic carbocycles. The van der Waals surface area contributed by atoms with Crippen molar-refractivity contribution in [2.75, 3.05) is 27.2 Å². The maximum Gasteiger partial charge on any atom is 0.129 e.